The third-order valence-corrected chi connectivity index (χ3v) is 6.80. The minimum absolute atomic E-state index is 0.876. The molecule has 0 atom stereocenters. The molecule has 0 saturated heterocycles. The van der Waals surface area contributed by atoms with Crippen molar-refractivity contribution in [2.24, 2.45) is 5.92 Å². The zero-order chi connectivity index (χ0) is 18.6. The van der Waals surface area contributed by atoms with Gasteiger partial charge in [0, 0.05) is 25.7 Å². The van der Waals surface area contributed by atoms with Crippen LogP contribution in [0.1, 0.15) is 82.6 Å². The smallest absolute Gasteiger partial charge is 0.0110 e. The number of unbranched alkanes of at least 4 members (excludes halogenated alkanes) is 1. The number of rotatable bonds is 11. The second-order valence-electron chi connectivity index (χ2n) is 8.98. The molecule has 2 fully saturated rings. The van der Waals surface area contributed by atoms with Crippen molar-refractivity contribution in [3.63, 3.8) is 0 Å². The lowest BCUT2D eigenvalue weighted by molar-refractivity contribution is 0.121. The Bertz CT molecular complexity index is 474. The Morgan fingerprint density at radius 1 is 0.778 bits per heavy atom. The monoisotopic (exact) mass is 370 g/mol. The number of hydrogen-bond donors (Lipinski definition) is 1. The molecule has 2 saturated carbocycles. The maximum absolute atomic E-state index is 3.74. The Hall–Kier alpha value is -0.860. The molecule has 0 aromatic heterocycles. The summed E-state index contributed by atoms with van der Waals surface area (Å²) in [5.74, 6) is 0.978. The van der Waals surface area contributed by atoms with Crippen LogP contribution in [0.25, 0.3) is 0 Å². The van der Waals surface area contributed by atoms with Gasteiger partial charge in [-0.2, -0.15) is 0 Å². The van der Waals surface area contributed by atoms with Gasteiger partial charge in [-0.15, -0.1) is 0 Å². The summed E-state index contributed by atoms with van der Waals surface area (Å²) in [7, 11) is 0. The molecule has 0 unspecified atom stereocenters. The topological polar surface area (TPSA) is 15.3 Å². The van der Waals surface area contributed by atoms with Crippen LogP contribution in [0.4, 0.5) is 0 Å². The first-order chi connectivity index (χ1) is 13.4. The van der Waals surface area contributed by atoms with E-state index in [0.29, 0.717) is 0 Å². The van der Waals surface area contributed by atoms with Gasteiger partial charge in [-0.3, -0.25) is 4.90 Å². The van der Waals surface area contributed by atoms with Gasteiger partial charge in [-0.25, -0.2) is 0 Å². The van der Waals surface area contributed by atoms with Crippen LogP contribution in [-0.2, 0) is 6.42 Å². The second-order valence-corrected chi connectivity index (χ2v) is 8.98. The van der Waals surface area contributed by atoms with E-state index in [2.05, 4.69) is 40.5 Å². The normalized spacial score (nSPS) is 19.6. The van der Waals surface area contributed by atoms with Crippen LogP contribution in [-0.4, -0.2) is 37.1 Å². The highest BCUT2D eigenvalue weighted by atomic mass is 15.2. The van der Waals surface area contributed by atoms with Gasteiger partial charge in [0.15, 0.2) is 0 Å². The van der Waals surface area contributed by atoms with Crippen molar-refractivity contribution in [1.82, 2.24) is 10.2 Å². The lowest BCUT2D eigenvalue weighted by atomic mass is 9.87. The van der Waals surface area contributed by atoms with E-state index in [0.717, 1.165) is 12.0 Å². The van der Waals surface area contributed by atoms with E-state index in [-0.39, 0.29) is 0 Å². The van der Waals surface area contributed by atoms with E-state index in [1.54, 1.807) is 0 Å². The lowest BCUT2D eigenvalue weighted by Gasteiger charge is -2.37. The van der Waals surface area contributed by atoms with E-state index in [9.17, 15) is 0 Å². The maximum atomic E-state index is 3.74. The summed E-state index contributed by atoms with van der Waals surface area (Å²) < 4.78 is 0. The minimum Gasteiger partial charge on any atom is -0.315 e. The molecule has 1 aromatic rings. The number of benzene rings is 1. The Morgan fingerprint density at radius 3 is 2.22 bits per heavy atom. The molecule has 1 aromatic carbocycles. The van der Waals surface area contributed by atoms with Crippen LogP contribution in [0.15, 0.2) is 30.3 Å². The van der Waals surface area contributed by atoms with E-state index < -0.39 is 0 Å². The maximum Gasteiger partial charge on any atom is 0.0110 e. The highest BCUT2D eigenvalue weighted by Crippen LogP contribution is 2.28. The number of hydrogen-bond acceptors (Lipinski definition) is 2. The molecule has 2 aliphatic rings. The predicted octanol–water partition coefficient (Wildman–Crippen LogP) is 5.81. The molecular weight excluding hydrogens is 328 g/mol. The van der Waals surface area contributed by atoms with Crippen molar-refractivity contribution < 1.29 is 0 Å². The van der Waals surface area contributed by atoms with Crippen molar-refractivity contribution in [3.8, 4) is 0 Å². The zero-order valence-corrected chi connectivity index (χ0v) is 17.5. The van der Waals surface area contributed by atoms with Crippen LogP contribution in [0.2, 0.25) is 0 Å². The molecule has 0 spiro atoms. The van der Waals surface area contributed by atoms with Gasteiger partial charge in [-0.05, 0) is 63.0 Å². The first kappa shape index (κ1) is 20.9. The standard InChI is InChI=1S/C25H42N2/c1-4-12-23(13-5-1)14-10-11-19-26-20-21-27(25-17-8-3-9-18-25)22-24-15-6-2-7-16-24/h1,4-5,12-13,24-26H,2-3,6-11,14-22H2. The van der Waals surface area contributed by atoms with Crippen LogP contribution in [0.3, 0.4) is 0 Å². The van der Waals surface area contributed by atoms with Gasteiger partial charge in [-0.1, -0.05) is 68.9 Å². The molecule has 3 rings (SSSR count). The van der Waals surface area contributed by atoms with E-state index >= 15 is 0 Å². The Balaban J connectivity index is 1.31. The third-order valence-electron chi connectivity index (χ3n) is 6.80. The molecule has 0 bridgehead atoms. The van der Waals surface area contributed by atoms with Crippen LogP contribution >= 0.6 is 0 Å². The Labute approximate surface area is 168 Å². The highest BCUT2D eigenvalue weighted by Gasteiger charge is 2.24. The van der Waals surface area contributed by atoms with Crippen molar-refractivity contribution >= 4 is 0 Å². The van der Waals surface area contributed by atoms with Crippen molar-refractivity contribution in [3.05, 3.63) is 35.9 Å². The average Bonchev–Trinajstić information content (AvgIpc) is 2.74. The number of nitrogens with zero attached hydrogens (tertiary/aromatic N) is 1. The van der Waals surface area contributed by atoms with E-state index in [4.69, 9.17) is 0 Å². The van der Waals surface area contributed by atoms with E-state index in [1.807, 2.05) is 0 Å². The third kappa shape index (κ3) is 7.95. The molecule has 0 aliphatic heterocycles. The van der Waals surface area contributed by atoms with Gasteiger partial charge in [0.05, 0.1) is 0 Å². The number of nitrogens with one attached hydrogen (secondary N) is 1. The van der Waals surface area contributed by atoms with Gasteiger partial charge in [0.25, 0.3) is 0 Å². The Morgan fingerprint density at radius 2 is 1.48 bits per heavy atom. The molecule has 2 aliphatic carbocycles. The molecule has 0 radical (unpaired) electrons. The molecular formula is C25H42N2. The fourth-order valence-electron chi connectivity index (χ4n) is 5.14. The summed E-state index contributed by atoms with van der Waals surface area (Å²) in [4.78, 5) is 2.88. The average molecular weight is 371 g/mol. The summed E-state index contributed by atoms with van der Waals surface area (Å²) in [6, 6.07) is 11.8. The molecule has 1 N–H and O–H groups in total. The number of aryl methyl sites for hydroxylation is 1. The van der Waals surface area contributed by atoms with Crippen LogP contribution in [0, 0.1) is 5.92 Å². The summed E-state index contributed by atoms with van der Waals surface area (Å²) >= 11 is 0. The summed E-state index contributed by atoms with van der Waals surface area (Å²) in [6.45, 7) is 4.99. The minimum atomic E-state index is 0.876. The Kier molecular flexibility index (Phi) is 9.71. The van der Waals surface area contributed by atoms with Crippen molar-refractivity contribution in [1.29, 1.82) is 0 Å². The zero-order valence-electron chi connectivity index (χ0n) is 17.5. The molecule has 152 valence electrons. The lowest BCUT2D eigenvalue weighted by Crippen LogP contribution is -2.44. The van der Waals surface area contributed by atoms with Crippen molar-refractivity contribution in [2.75, 3.05) is 26.2 Å². The fraction of sp³-hybridized carbons (Fsp3) is 0.760. The second kappa shape index (κ2) is 12.6. The first-order valence-corrected chi connectivity index (χ1v) is 11.9. The molecule has 0 amide bonds. The van der Waals surface area contributed by atoms with Gasteiger partial charge < -0.3 is 5.32 Å². The molecule has 2 heteroatoms. The molecule has 0 heterocycles. The largest absolute Gasteiger partial charge is 0.315 e. The SMILES string of the molecule is c1ccc(CCCCNCCN(CC2CCCCC2)C2CCCCC2)cc1. The quantitative estimate of drug-likeness (QED) is 0.494. The summed E-state index contributed by atoms with van der Waals surface area (Å²) in [6.07, 6.45) is 18.5. The first-order valence-electron chi connectivity index (χ1n) is 11.9. The van der Waals surface area contributed by atoms with Gasteiger partial charge in [0.2, 0.25) is 0 Å². The summed E-state index contributed by atoms with van der Waals surface area (Å²) in [5, 5.41) is 3.74. The van der Waals surface area contributed by atoms with Crippen molar-refractivity contribution in [2.45, 2.75) is 89.5 Å². The van der Waals surface area contributed by atoms with Crippen LogP contribution in [0.5, 0.6) is 0 Å². The summed E-state index contributed by atoms with van der Waals surface area (Å²) in [5.41, 5.74) is 1.48. The van der Waals surface area contributed by atoms with Gasteiger partial charge >= 0.3 is 0 Å². The fourth-order valence-corrected chi connectivity index (χ4v) is 5.14. The molecule has 27 heavy (non-hydrogen) atoms. The highest BCUT2D eigenvalue weighted by molar-refractivity contribution is 5.14. The van der Waals surface area contributed by atoms with Crippen LogP contribution < -0.4 is 5.32 Å². The predicted molar refractivity (Wildman–Crippen MR) is 117 cm³/mol. The molecule has 2 nitrogen and oxygen atoms in total. The van der Waals surface area contributed by atoms with E-state index in [1.165, 1.54) is 115 Å². The van der Waals surface area contributed by atoms with Gasteiger partial charge in [0.1, 0.15) is 0 Å².